The molecule has 0 aliphatic heterocycles. The third kappa shape index (κ3) is 5.03. The average Bonchev–Trinajstić information content (AvgIpc) is 2.36. The van der Waals surface area contributed by atoms with Crippen LogP contribution in [0.3, 0.4) is 0 Å². The van der Waals surface area contributed by atoms with E-state index >= 15 is 0 Å². The molecule has 0 aromatic heterocycles. The van der Waals surface area contributed by atoms with Crippen LogP contribution in [0.5, 0.6) is 0 Å². The Kier molecular flexibility index (Phi) is 5.55. The summed E-state index contributed by atoms with van der Waals surface area (Å²) < 4.78 is 26.3. The molecule has 0 spiro atoms. The van der Waals surface area contributed by atoms with Crippen LogP contribution in [0.25, 0.3) is 0 Å². The van der Waals surface area contributed by atoms with Gasteiger partial charge < -0.3 is 5.32 Å². The number of nitrogens with one attached hydrogen (secondary N) is 2. The fraction of sp³-hybridized carbons (Fsp3) is 0.429. The lowest BCUT2D eigenvalue weighted by Crippen LogP contribution is -2.31. The molecule has 1 aromatic rings. The maximum Gasteiger partial charge on any atom is 0.241 e. The highest BCUT2D eigenvalue weighted by Gasteiger charge is 2.15. The van der Waals surface area contributed by atoms with Crippen molar-refractivity contribution in [2.45, 2.75) is 44.3 Å². The highest BCUT2D eigenvalue weighted by atomic mass is 32.2. The van der Waals surface area contributed by atoms with E-state index in [9.17, 15) is 8.42 Å². The Morgan fingerprint density at radius 2 is 1.79 bits per heavy atom. The standard InChI is InChI=1S/C14H20N2O2S/c1-5-12(4)16-19(17,18)14-8-6-13(7-9-14)10-15-11(2)3/h1,6-9,11-12,15-16H,10H2,2-4H3. The number of benzene rings is 1. The summed E-state index contributed by atoms with van der Waals surface area (Å²) in [7, 11) is -3.53. The molecule has 2 N–H and O–H groups in total. The zero-order valence-electron chi connectivity index (χ0n) is 11.5. The Morgan fingerprint density at radius 1 is 1.21 bits per heavy atom. The van der Waals surface area contributed by atoms with E-state index in [0.717, 1.165) is 5.56 Å². The number of hydrogen-bond donors (Lipinski definition) is 2. The molecule has 4 nitrogen and oxygen atoms in total. The summed E-state index contributed by atoms with van der Waals surface area (Å²) in [6.45, 7) is 6.46. The molecule has 104 valence electrons. The van der Waals surface area contributed by atoms with Gasteiger partial charge in [0.15, 0.2) is 0 Å². The molecule has 5 heteroatoms. The van der Waals surface area contributed by atoms with Gasteiger partial charge in [0.2, 0.25) is 10.0 Å². The maximum atomic E-state index is 12.0. The van der Waals surface area contributed by atoms with Crippen LogP contribution in [0, 0.1) is 12.3 Å². The summed E-state index contributed by atoms with van der Waals surface area (Å²) in [5.41, 5.74) is 1.04. The van der Waals surface area contributed by atoms with Gasteiger partial charge in [-0.3, -0.25) is 0 Å². The summed E-state index contributed by atoms with van der Waals surface area (Å²) in [6, 6.07) is 6.63. The van der Waals surface area contributed by atoms with E-state index in [1.165, 1.54) is 0 Å². The van der Waals surface area contributed by atoms with Crippen molar-refractivity contribution >= 4 is 10.0 Å². The fourth-order valence-corrected chi connectivity index (χ4v) is 2.61. The first-order valence-electron chi connectivity index (χ1n) is 6.16. The van der Waals surface area contributed by atoms with Gasteiger partial charge in [0.1, 0.15) is 0 Å². The normalized spacial score (nSPS) is 13.2. The third-order valence-corrected chi connectivity index (χ3v) is 4.09. The van der Waals surface area contributed by atoms with Crippen molar-refractivity contribution in [2.24, 2.45) is 0 Å². The molecule has 1 rings (SSSR count). The van der Waals surface area contributed by atoms with Crippen LogP contribution < -0.4 is 10.0 Å². The molecule has 0 saturated heterocycles. The van der Waals surface area contributed by atoms with Gasteiger partial charge in [-0.05, 0) is 24.6 Å². The lowest BCUT2D eigenvalue weighted by atomic mass is 10.2. The van der Waals surface area contributed by atoms with Crippen LogP contribution in [-0.2, 0) is 16.6 Å². The lowest BCUT2D eigenvalue weighted by molar-refractivity contribution is 0.576. The predicted molar refractivity (Wildman–Crippen MR) is 77.0 cm³/mol. The van der Waals surface area contributed by atoms with E-state index in [-0.39, 0.29) is 4.90 Å². The first-order valence-corrected chi connectivity index (χ1v) is 7.64. The van der Waals surface area contributed by atoms with E-state index in [2.05, 4.69) is 29.8 Å². The van der Waals surface area contributed by atoms with Crippen molar-refractivity contribution in [3.05, 3.63) is 29.8 Å². The average molecular weight is 280 g/mol. The van der Waals surface area contributed by atoms with Crippen LogP contribution in [0.1, 0.15) is 26.3 Å². The summed E-state index contributed by atoms with van der Waals surface area (Å²) >= 11 is 0. The van der Waals surface area contributed by atoms with Gasteiger partial charge in [-0.2, -0.15) is 4.72 Å². The van der Waals surface area contributed by atoms with Crippen molar-refractivity contribution in [1.29, 1.82) is 0 Å². The molecular weight excluding hydrogens is 260 g/mol. The second kappa shape index (κ2) is 6.71. The fourth-order valence-electron chi connectivity index (χ4n) is 1.44. The molecule has 0 heterocycles. The van der Waals surface area contributed by atoms with Crippen molar-refractivity contribution in [2.75, 3.05) is 0 Å². The Balaban J connectivity index is 2.78. The molecule has 0 radical (unpaired) electrons. The molecule has 0 aliphatic rings. The van der Waals surface area contributed by atoms with Crippen molar-refractivity contribution in [3.63, 3.8) is 0 Å². The summed E-state index contributed by atoms with van der Waals surface area (Å²) in [5.74, 6) is 2.33. The molecule has 0 bridgehead atoms. The Hall–Kier alpha value is -1.35. The van der Waals surface area contributed by atoms with Gasteiger partial charge in [-0.25, -0.2) is 8.42 Å². The van der Waals surface area contributed by atoms with E-state index in [0.29, 0.717) is 12.6 Å². The molecule has 0 fully saturated rings. The smallest absolute Gasteiger partial charge is 0.241 e. The Morgan fingerprint density at radius 3 is 2.26 bits per heavy atom. The highest BCUT2D eigenvalue weighted by molar-refractivity contribution is 7.89. The van der Waals surface area contributed by atoms with Crippen LogP contribution in [0.4, 0.5) is 0 Å². The van der Waals surface area contributed by atoms with Gasteiger partial charge in [0.25, 0.3) is 0 Å². The molecule has 0 saturated carbocycles. The van der Waals surface area contributed by atoms with Gasteiger partial charge in [0, 0.05) is 12.6 Å². The van der Waals surface area contributed by atoms with Crippen LogP contribution >= 0.6 is 0 Å². The third-order valence-electron chi connectivity index (χ3n) is 2.53. The van der Waals surface area contributed by atoms with E-state index in [1.807, 2.05) is 0 Å². The number of rotatable bonds is 6. The van der Waals surface area contributed by atoms with Gasteiger partial charge in [-0.1, -0.05) is 31.9 Å². The SMILES string of the molecule is C#CC(C)NS(=O)(=O)c1ccc(CNC(C)C)cc1. The van der Waals surface area contributed by atoms with Gasteiger partial charge in [-0.15, -0.1) is 6.42 Å². The topological polar surface area (TPSA) is 58.2 Å². The number of sulfonamides is 1. The second-order valence-corrected chi connectivity index (χ2v) is 6.40. The minimum Gasteiger partial charge on any atom is -0.310 e. The van der Waals surface area contributed by atoms with E-state index in [1.54, 1.807) is 31.2 Å². The minimum absolute atomic E-state index is 0.225. The predicted octanol–water partition coefficient (Wildman–Crippen LogP) is 1.48. The first kappa shape index (κ1) is 15.7. The maximum absolute atomic E-state index is 12.0. The van der Waals surface area contributed by atoms with Crippen molar-refractivity contribution < 1.29 is 8.42 Å². The monoisotopic (exact) mass is 280 g/mol. The van der Waals surface area contributed by atoms with Crippen LogP contribution in [0.15, 0.2) is 29.2 Å². The molecule has 19 heavy (non-hydrogen) atoms. The van der Waals surface area contributed by atoms with Crippen LogP contribution in [0.2, 0.25) is 0 Å². The second-order valence-electron chi connectivity index (χ2n) is 4.69. The molecule has 1 aromatic carbocycles. The number of hydrogen-bond acceptors (Lipinski definition) is 3. The lowest BCUT2D eigenvalue weighted by Gasteiger charge is -2.11. The Labute approximate surface area is 115 Å². The van der Waals surface area contributed by atoms with Crippen molar-refractivity contribution in [3.8, 4) is 12.3 Å². The first-order chi connectivity index (χ1) is 8.85. The molecule has 1 atom stereocenters. The van der Waals surface area contributed by atoms with E-state index in [4.69, 9.17) is 6.42 Å². The molecule has 0 aliphatic carbocycles. The minimum atomic E-state index is -3.53. The summed E-state index contributed by atoms with van der Waals surface area (Å²) in [6.07, 6.45) is 5.16. The van der Waals surface area contributed by atoms with E-state index < -0.39 is 16.1 Å². The Bertz CT molecular complexity index is 542. The zero-order valence-corrected chi connectivity index (χ0v) is 12.3. The van der Waals surface area contributed by atoms with Crippen molar-refractivity contribution in [1.82, 2.24) is 10.0 Å². The summed E-state index contributed by atoms with van der Waals surface area (Å²) in [5, 5.41) is 3.27. The molecule has 0 amide bonds. The highest BCUT2D eigenvalue weighted by Crippen LogP contribution is 2.11. The quantitative estimate of drug-likeness (QED) is 0.776. The summed E-state index contributed by atoms with van der Waals surface area (Å²) in [4.78, 5) is 0.225. The van der Waals surface area contributed by atoms with Gasteiger partial charge in [0.05, 0.1) is 10.9 Å². The number of terminal acetylenes is 1. The molecular formula is C14H20N2O2S. The zero-order chi connectivity index (χ0) is 14.5. The largest absolute Gasteiger partial charge is 0.310 e. The molecule has 1 unspecified atom stereocenters. The van der Waals surface area contributed by atoms with Crippen LogP contribution in [-0.4, -0.2) is 20.5 Å². The van der Waals surface area contributed by atoms with Gasteiger partial charge >= 0.3 is 0 Å².